The maximum atomic E-state index is 13.3. The lowest BCUT2D eigenvalue weighted by atomic mass is 10.2. The van der Waals surface area contributed by atoms with Gasteiger partial charge in [0, 0.05) is 25.7 Å². The van der Waals surface area contributed by atoms with E-state index in [9.17, 15) is 8.78 Å². The average molecular weight is 225 g/mol. The fourth-order valence-corrected chi connectivity index (χ4v) is 1.58. The number of nitrogens with zero attached hydrogens (tertiary/aromatic N) is 2. The topological polar surface area (TPSA) is 27.6 Å². The Kier molecular flexibility index (Phi) is 3.03. The Morgan fingerprint density at radius 1 is 1.44 bits per heavy atom. The summed E-state index contributed by atoms with van der Waals surface area (Å²) in [6, 6.07) is 3.43. The van der Waals surface area contributed by atoms with Crippen LogP contribution in [0.2, 0.25) is 0 Å². The number of aliphatic imine (C=N–C) groups is 1. The Labute approximate surface area is 92.8 Å². The summed E-state index contributed by atoms with van der Waals surface area (Å²) in [5.41, 5.74) is 0.308. The van der Waals surface area contributed by atoms with Crippen LogP contribution in [0, 0.1) is 11.6 Å². The molecule has 0 fully saturated rings. The van der Waals surface area contributed by atoms with Gasteiger partial charge in [-0.1, -0.05) is 0 Å². The van der Waals surface area contributed by atoms with Gasteiger partial charge in [0.2, 0.25) is 0 Å². The van der Waals surface area contributed by atoms with Gasteiger partial charge >= 0.3 is 0 Å². The highest BCUT2D eigenvalue weighted by Crippen LogP contribution is 2.09. The van der Waals surface area contributed by atoms with Crippen LogP contribution in [-0.2, 0) is 6.54 Å². The van der Waals surface area contributed by atoms with E-state index >= 15 is 0 Å². The van der Waals surface area contributed by atoms with Crippen LogP contribution in [0.5, 0.6) is 0 Å². The van der Waals surface area contributed by atoms with Crippen molar-refractivity contribution in [2.75, 3.05) is 20.1 Å². The van der Waals surface area contributed by atoms with Crippen molar-refractivity contribution < 1.29 is 8.78 Å². The van der Waals surface area contributed by atoms with Crippen molar-refractivity contribution in [3.63, 3.8) is 0 Å². The minimum atomic E-state index is -0.431. The molecule has 1 heterocycles. The Morgan fingerprint density at radius 3 is 2.94 bits per heavy atom. The number of guanidine groups is 1. The molecular formula is C11H13F2N3. The Morgan fingerprint density at radius 2 is 2.25 bits per heavy atom. The van der Waals surface area contributed by atoms with Crippen LogP contribution in [0.3, 0.4) is 0 Å². The highest BCUT2D eigenvalue weighted by atomic mass is 19.1. The molecule has 1 aromatic rings. The minimum absolute atomic E-state index is 0.243. The predicted molar refractivity (Wildman–Crippen MR) is 58.1 cm³/mol. The van der Waals surface area contributed by atoms with Gasteiger partial charge in [-0.25, -0.2) is 8.78 Å². The number of nitrogens with one attached hydrogen (secondary N) is 1. The maximum absolute atomic E-state index is 13.3. The Balaban J connectivity index is 2.02. The quantitative estimate of drug-likeness (QED) is 0.823. The zero-order valence-electron chi connectivity index (χ0n) is 9.00. The molecular weight excluding hydrogens is 212 g/mol. The Bertz CT molecular complexity index is 418. The van der Waals surface area contributed by atoms with Crippen LogP contribution in [0.4, 0.5) is 8.78 Å². The third-order valence-corrected chi connectivity index (χ3v) is 2.50. The first kappa shape index (κ1) is 10.9. The monoisotopic (exact) mass is 225 g/mol. The molecule has 5 heteroatoms. The molecule has 3 nitrogen and oxygen atoms in total. The fraction of sp³-hybridized carbons (Fsp3) is 0.364. The first-order valence-electron chi connectivity index (χ1n) is 5.10. The summed E-state index contributed by atoms with van der Waals surface area (Å²) in [7, 11) is 1.90. The highest BCUT2D eigenvalue weighted by molar-refractivity contribution is 5.81. The van der Waals surface area contributed by atoms with E-state index in [-0.39, 0.29) is 6.54 Å². The second-order valence-corrected chi connectivity index (χ2v) is 3.72. The molecule has 86 valence electrons. The summed E-state index contributed by atoms with van der Waals surface area (Å²) < 4.78 is 26.2. The lowest BCUT2D eigenvalue weighted by molar-refractivity contribution is 0.529. The molecule has 16 heavy (non-hydrogen) atoms. The van der Waals surface area contributed by atoms with E-state index in [1.165, 1.54) is 6.07 Å². The number of benzene rings is 1. The van der Waals surface area contributed by atoms with Gasteiger partial charge in [-0.15, -0.1) is 0 Å². The molecule has 1 aromatic carbocycles. The molecule has 0 atom stereocenters. The van der Waals surface area contributed by atoms with Gasteiger partial charge in [0.15, 0.2) is 5.96 Å². The minimum Gasteiger partial charge on any atom is -0.352 e. The second kappa shape index (κ2) is 4.47. The van der Waals surface area contributed by atoms with E-state index in [4.69, 9.17) is 0 Å². The number of likely N-dealkylation sites (N-methyl/N-ethyl adjacent to an activating group) is 1. The van der Waals surface area contributed by atoms with E-state index in [1.807, 2.05) is 11.9 Å². The van der Waals surface area contributed by atoms with Gasteiger partial charge in [-0.05, 0) is 18.2 Å². The van der Waals surface area contributed by atoms with Crippen molar-refractivity contribution in [2.24, 2.45) is 4.99 Å². The van der Waals surface area contributed by atoms with E-state index in [2.05, 4.69) is 10.3 Å². The van der Waals surface area contributed by atoms with Crippen LogP contribution < -0.4 is 5.32 Å². The molecule has 0 aromatic heterocycles. The van der Waals surface area contributed by atoms with Gasteiger partial charge in [-0.3, -0.25) is 4.99 Å². The third kappa shape index (κ3) is 2.29. The van der Waals surface area contributed by atoms with Gasteiger partial charge in [-0.2, -0.15) is 0 Å². The van der Waals surface area contributed by atoms with Crippen molar-refractivity contribution in [3.8, 4) is 0 Å². The molecule has 0 saturated heterocycles. The summed E-state index contributed by atoms with van der Waals surface area (Å²) in [5.74, 6) is -0.112. The summed E-state index contributed by atoms with van der Waals surface area (Å²) in [6.07, 6.45) is 0. The van der Waals surface area contributed by atoms with Gasteiger partial charge in [0.05, 0.1) is 6.54 Å². The summed E-state index contributed by atoms with van der Waals surface area (Å²) in [5, 5.41) is 2.98. The van der Waals surface area contributed by atoms with E-state index in [1.54, 1.807) is 0 Å². The van der Waals surface area contributed by atoms with Crippen molar-refractivity contribution in [1.82, 2.24) is 10.2 Å². The van der Waals surface area contributed by atoms with Gasteiger partial charge < -0.3 is 10.2 Å². The molecule has 1 aliphatic rings. The average Bonchev–Trinajstić information content (AvgIpc) is 2.66. The lowest BCUT2D eigenvalue weighted by Gasteiger charge is -2.15. The molecule has 1 N–H and O–H groups in total. The molecule has 0 unspecified atom stereocenters. The van der Waals surface area contributed by atoms with E-state index in [0.29, 0.717) is 5.56 Å². The van der Waals surface area contributed by atoms with Crippen LogP contribution in [-0.4, -0.2) is 31.0 Å². The molecule has 0 saturated carbocycles. The molecule has 1 aliphatic heterocycles. The van der Waals surface area contributed by atoms with Crippen LogP contribution >= 0.6 is 0 Å². The van der Waals surface area contributed by atoms with Crippen LogP contribution in [0.15, 0.2) is 23.2 Å². The SMILES string of the molecule is CN1CCN=C1NCc1cc(F)ccc1F. The summed E-state index contributed by atoms with van der Waals surface area (Å²) in [4.78, 5) is 6.14. The number of hydrogen-bond donors (Lipinski definition) is 1. The second-order valence-electron chi connectivity index (χ2n) is 3.72. The van der Waals surface area contributed by atoms with Gasteiger partial charge in [0.1, 0.15) is 11.6 Å². The standard InChI is InChI=1S/C11H13F2N3/c1-16-5-4-14-11(16)15-7-8-6-9(12)2-3-10(8)13/h2-3,6H,4-5,7H2,1H3,(H,14,15). The smallest absolute Gasteiger partial charge is 0.194 e. The highest BCUT2D eigenvalue weighted by Gasteiger charge is 2.12. The molecule has 0 amide bonds. The van der Waals surface area contributed by atoms with Crippen molar-refractivity contribution in [3.05, 3.63) is 35.4 Å². The molecule has 0 bridgehead atoms. The molecule has 0 aliphatic carbocycles. The zero-order chi connectivity index (χ0) is 11.5. The third-order valence-electron chi connectivity index (χ3n) is 2.50. The van der Waals surface area contributed by atoms with Crippen LogP contribution in [0.25, 0.3) is 0 Å². The number of halogens is 2. The number of hydrogen-bond acceptors (Lipinski definition) is 3. The van der Waals surface area contributed by atoms with Crippen molar-refractivity contribution in [2.45, 2.75) is 6.54 Å². The van der Waals surface area contributed by atoms with E-state index < -0.39 is 11.6 Å². The fourth-order valence-electron chi connectivity index (χ4n) is 1.58. The zero-order valence-corrected chi connectivity index (χ0v) is 9.00. The summed E-state index contributed by atoms with van der Waals surface area (Å²) in [6.45, 7) is 1.84. The largest absolute Gasteiger partial charge is 0.352 e. The lowest BCUT2D eigenvalue weighted by Crippen LogP contribution is -2.35. The number of rotatable bonds is 2. The first-order valence-corrected chi connectivity index (χ1v) is 5.10. The van der Waals surface area contributed by atoms with Crippen LogP contribution in [0.1, 0.15) is 5.56 Å². The van der Waals surface area contributed by atoms with Crippen molar-refractivity contribution >= 4 is 5.96 Å². The Hall–Kier alpha value is -1.65. The normalized spacial score (nSPS) is 15.2. The molecule has 0 radical (unpaired) electrons. The van der Waals surface area contributed by atoms with Gasteiger partial charge in [0.25, 0.3) is 0 Å². The first-order chi connectivity index (χ1) is 7.66. The maximum Gasteiger partial charge on any atom is 0.194 e. The molecule has 2 rings (SSSR count). The van der Waals surface area contributed by atoms with Crippen molar-refractivity contribution in [1.29, 1.82) is 0 Å². The summed E-state index contributed by atoms with van der Waals surface area (Å²) >= 11 is 0. The predicted octanol–water partition coefficient (Wildman–Crippen LogP) is 1.36. The molecule has 0 spiro atoms. The van der Waals surface area contributed by atoms with E-state index in [0.717, 1.165) is 31.2 Å².